The number of non-ortho nitro benzene ring substituents is 1. The minimum atomic E-state index is -0.435. The van der Waals surface area contributed by atoms with Crippen LogP contribution in [-0.2, 0) is 0 Å². The van der Waals surface area contributed by atoms with E-state index in [4.69, 9.17) is 9.47 Å². The molecule has 1 heterocycles. The van der Waals surface area contributed by atoms with Gasteiger partial charge in [-0.1, -0.05) is 17.8 Å². The van der Waals surface area contributed by atoms with Crippen molar-refractivity contribution in [3.05, 3.63) is 82.4 Å². The number of fused-ring (bicyclic) bond motifs is 1. The summed E-state index contributed by atoms with van der Waals surface area (Å²) in [5.41, 5.74) is 1.16. The minimum Gasteiger partial charge on any atom is -0.454 e. The molecule has 3 aromatic carbocycles. The Morgan fingerprint density at radius 3 is 2.54 bits per heavy atom. The summed E-state index contributed by atoms with van der Waals surface area (Å²) in [7, 11) is 0. The van der Waals surface area contributed by atoms with Gasteiger partial charge in [0.25, 0.3) is 11.6 Å². The van der Waals surface area contributed by atoms with Crippen molar-refractivity contribution in [2.75, 3.05) is 12.1 Å². The van der Waals surface area contributed by atoms with Crippen molar-refractivity contribution in [3.8, 4) is 11.5 Å². The third-order valence-corrected chi connectivity index (χ3v) is 5.01. The van der Waals surface area contributed by atoms with E-state index >= 15 is 0 Å². The predicted octanol–water partition coefficient (Wildman–Crippen LogP) is 4.73. The molecule has 0 fully saturated rings. The van der Waals surface area contributed by atoms with E-state index in [1.54, 1.807) is 48.5 Å². The van der Waals surface area contributed by atoms with Crippen LogP contribution < -0.4 is 14.8 Å². The molecule has 140 valence electrons. The molecule has 28 heavy (non-hydrogen) atoms. The molecule has 1 amide bonds. The summed E-state index contributed by atoms with van der Waals surface area (Å²) in [6, 6.07) is 18.7. The Bertz CT molecular complexity index is 1050. The molecule has 0 atom stereocenters. The summed E-state index contributed by atoms with van der Waals surface area (Å²) in [5.74, 6) is 1.00. The molecule has 4 rings (SSSR count). The van der Waals surface area contributed by atoms with Crippen LogP contribution in [0.4, 0.5) is 11.4 Å². The normalized spacial score (nSPS) is 11.9. The second-order valence-electron chi connectivity index (χ2n) is 5.90. The number of benzene rings is 3. The lowest BCUT2D eigenvalue weighted by molar-refractivity contribution is -0.384. The third-order valence-electron chi connectivity index (χ3n) is 4.01. The van der Waals surface area contributed by atoms with E-state index in [1.165, 1.54) is 23.9 Å². The molecular weight excluding hydrogens is 380 g/mol. The van der Waals surface area contributed by atoms with E-state index in [2.05, 4.69) is 5.32 Å². The van der Waals surface area contributed by atoms with E-state index in [9.17, 15) is 14.9 Å². The lowest BCUT2D eigenvalue weighted by Gasteiger charge is -2.08. The summed E-state index contributed by atoms with van der Waals surface area (Å²) in [6.45, 7) is 0.175. The second kappa shape index (κ2) is 7.61. The Balaban J connectivity index is 1.47. The Kier molecular flexibility index (Phi) is 4.86. The van der Waals surface area contributed by atoms with Crippen molar-refractivity contribution in [1.82, 2.24) is 0 Å². The number of amides is 1. The maximum atomic E-state index is 12.6. The van der Waals surface area contributed by atoms with Gasteiger partial charge in [0.15, 0.2) is 11.5 Å². The van der Waals surface area contributed by atoms with Gasteiger partial charge in [-0.2, -0.15) is 0 Å². The molecule has 0 aliphatic carbocycles. The number of carbonyl (C=O) groups is 1. The molecule has 0 bridgehead atoms. The van der Waals surface area contributed by atoms with Crippen LogP contribution in [0.15, 0.2) is 76.5 Å². The Labute approximate surface area is 164 Å². The number of nitro benzene ring substituents is 1. The highest BCUT2D eigenvalue weighted by Gasteiger charge is 2.15. The summed E-state index contributed by atoms with van der Waals surface area (Å²) in [6.07, 6.45) is 0. The molecule has 0 spiro atoms. The molecule has 3 aromatic rings. The number of rotatable bonds is 5. The Morgan fingerprint density at radius 2 is 1.75 bits per heavy atom. The topological polar surface area (TPSA) is 90.7 Å². The number of nitro groups is 1. The Hall–Kier alpha value is -3.52. The first-order valence-corrected chi connectivity index (χ1v) is 9.13. The van der Waals surface area contributed by atoms with Crippen LogP contribution in [0.2, 0.25) is 0 Å². The first kappa shape index (κ1) is 17.9. The Morgan fingerprint density at radius 1 is 0.964 bits per heavy atom. The van der Waals surface area contributed by atoms with Crippen LogP contribution in [-0.4, -0.2) is 17.6 Å². The van der Waals surface area contributed by atoms with Crippen molar-refractivity contribution >= 4 is 29.0 Å². The van der Waals surface area contributed by atoms with Gasteiger partial charge in [0, 0.05) is 39.2 Å². The van der Waals surface area contributed by atoms with Gasteiger partial charge in [0.05, 0.1) is 4.92 Å². The first-order chi connectivity index (χ1) is 13.6. The number of carbonyl (C=O) groups excluding carboxylic acids is 1. The van der Waals surface area contributed by atoms with E-state index in [0.29, 0.717) is 22.7 Å². The number of ether oxygens (including phenoxy) is 2. The second-order valence-corrected chi connectivity index (χ2v) is 7.05. The minimum absolute atomic E-state index is 0.0428. The van der Waals surface area contributed by atoms with Gasteiger partial charge in [0.1, 0.15) is 0 Å². The number of nitrogens with zero attached hydrogens (tertiary/aromatic N) is 1. The standard InChI is InChI=1S/C20H14N2O5S/c23-20(21-14-4-9-18-19(11-14)27-12-26-18)13-2-1-3-17(10-13)28-16-7-5-15(6-8-16)22(24)25/h1-11H,12H2,(H,21,23). The SMILES string of the molecule is O=C(Nc1ccc2c(c1)OCO2)c1cccc(Sc2ccc([N+](=O)[O-])cc2)c1. The molecule has 1 aliphatic heterocycles. The van der Waals surface area contributed by atoms with Gasteiger partial charge in [-0.15, -0.1) is 0 Å². The maximum absolute atomic E-state index is 12.6. The molecule has 1 aliphatic rings. The smallest absolute Gasteiger partial charge is 0.269 e. The van der Waals surface area contributed by atoms with Crippen molar-refractivity contribution in [1.29, 1.82) is 0 Å². The fourth-order valence-electron chi connectivity index (χ4n) is 2.65. The fourth-order valence-corrected chi connectivity index (χ4v) is 3.53. The number of hydrogen-bond donors (Lipinski definition) is 1. The monoisotopic (exact) mass is 394 g/mol. The zero-order valence-electron chi connectivity index (χ0n) is 14.5. The fraction of sp³-hybridized carbons (Fsp3) is 0.0500. The molecular formula is C20H14N2O5S. The molecule has 0 radical (unpaired) electrons. The van der Waals surface area contributed by atoms with Gasteiger partial charge >= 0.3 is 0 Å². The van der Waals surface area contributed by atoms with Crippen LogP contribution in [0.3, 0.4) is 0 Å². The molecule has 8 heteroatoms. The average molecular weight is 394 g/mol. The highest BCUT2D eigenvalue weighted by molar-refractivity contribution is 7.99. The third kappa shape index (κ3) is 3.91. The largest absolute Gasteiger partial charge is 0.454 e. The van der Waals surface area contributed by atoms with Gasteiger partial charge in [-0.25, -0.2) is 0 Å². The van der Waals surface area contributed by atoms with Crippen molar-refractivity contribution in [2.24, 2.45) is 0 Å². The first-order valence-electron chi connectivity index (χ1n) is 8.32. The maximum Gasteiger partial charge on any atom is 0.269 e. The molecule has 0 saturated heterocycles. The van der Waals surface area contributed by atoms with E-state index in [-0.39, 0.29) is 18.4 Å². The lowest BCUT2D eigenvalue weighted by atomic mass is 10.2. The van der Waals surface area contributed by atoms with Crippen LogP contribution >= 0.6 is 11.8 Å². The van der Waals surface area contributed by atoms with Gasteiger partial charge < -0.3 is 14.8 Å². The van der Waals surface area contributed by atoms with Gasteiger partial charge in [-0.05, 0) is 42.5 Å². The summed E-state index contributed by atoms with van der Waals surface area (Å²) in [5, 5.41) is 13.6. The zero-order chi connectivity index (χ0) is 19.5. The predicted molar refractivity (Wildman–Crippen MR) is 104 cm³/mol. The number of anilines is 1. The van der Waals surface area contributed by atoms with Crippen molar-refractivity contribution in [3.63, 3.8) is 0 Å². The molecule has 7 nitrogen and oxygen atoms in total. The van der Waals surface area contributed by atoms with Crippen molar-refractivity contribution < 1.29 is 19.2 Å². The van der Waals surface area contributed by atoms with E-state index < -0.39 is 4.92 Å². The quantitative estimate of drug-likeness (QED) is 0.497. The lowest BCUT2D eigenvalue weighted by Crippen LogP contribution is -2.11. The summed E-state index contributed by atoms with van der Waals surface area (Å²) >= 11 is 1.42. The van der Waals surface area contributed by atoms with E-state index in [1.807, 2.05) is 6.07 Å². The van der Waals surface area contributed by atoms with E-state index in [0.717, 1.165) is 9.79 Å². The summed E-state index contributed by atoms with van der Waals surface area (Å²) in [4.78, 5) is 24.6. The van der Waals surface area contributed by atoms with Crippen LogP contribution in [0.1, 0.15) is 10.4 Å². The molecule has 0 unspecified atom stereocenters. The van der Waals surface area contributed by atoms with Crippen LogP contribution in [0, 0.1) is 10.1 Å². The van der Waals surface area contributed by atoms with Crippen molar-refractivity contribution in [2.45, 2.75) is 9.79 Å². The number of hydrogen-bond acceptors (Lipinski definition) is 6. The van der Waals surface area contributed by atoms with Gasteiger partial charge in [-0.3, -0.25) is 14.9 Å². The van der Waals surface area contributed by atoms with Crippen LogP contribution in [0.25, 0.3) is 0 Å². The highest BCUT2D eigenvalue weighted by atomic mass is 32.2. The zero-order valence-corrected chi connectivity index (χ0v) is 15.3. The molecule has 0 aromatic heterocycles. The number of nitrogens with one attached hydrogen (secondary N) is 1. The summed E-state index contributed by atoms with van der Waals surface area (Å²) < 4.78 is 10.6. The van der Waals surface area contributed by atoms with Crippen LogP contribution in [0.5, 0.6) is 11.5 Å². The van der Waals surface area contributed by atoms with Gasteiger partial charge in [0.2, 0.25) is 6.79 Å². The average Bonchev–Trinajstić information content (AvgIpc) is 3.16. The highest BCUT2D eigenvalue weighted by Crippen LogP contribution is 2.34. The molecule has 0 saturated carbocycles. The molecule has 1 N–H and O–H groups in total.